The Morgan fingerprint density at radius 2 is 1.80 bits per heavy atom. The Morgan fingerprint density at radius 1 is 1.10 bits per heavy atom. The lowest BCUT2D eigenvalue weighted by atomic mass is 10.1. The Bertz CT molecular complexity index is 1390. The number of ether oxygens (including phenoxy) is 3. The number of aromatic nitrogens is 2. The third-order valence-electron chi connectivity index (χ3n) is 6.26. The zero-order chi connectivity index (χ0) is 29.2. The molecule has 214 valence electrons. The van der Waals surface area contributed by atoms with E-state index in [0.29, 0.717) is 54.6 Å². The van der Waals surface area contributed by atoms with E-state index in [4.69, 9.17) is 48.1 Å². The van der Waals surface area contributed by atoms with E-state index in [1.807, 2.05) is 32.9 Å². The van der Waals surface area contributed by atoms with Crippen LogP contribution in [0.3, 0.4) is 0 Å². The quantitative estimate of drug-likeness (QED) is 0.329. The van der Waals surface area contributed by atoms with E-state index in [1.54, 1.807) is 31.2 Å². The van der Waals surface area contributed by atoms with Gasteiger partial charge in [-0.25, -0.2) is 19.2 Å². The summed E-state index contributed by atoms with van der Waals surface area (Å²) in [7, 11) is 1.55. The molecule has 0 unspecified atom stereocenters. The topological polar surface area (TPSA) is 103 Å². The molecule has 2 aromatic heterocycles. The smallest absolute Gasteiger partial charge is 0.410 e. The third-order valence-corrected chi connectivity index (χ3v) is 6.98. The minimum absolute atomic E-state index is 0.120. The Morgan fingerprint density at radius 3 is 2.45 bits per heavy atom. The van der Waals surface area contributed by atoms with Gasteiger partial charge in [0.25, 0.3) is 0 Å². The maximum absolute atomic E-state index is 14.1. The number of methoxy groups -OCH3 is 1. The second-order valence-electron chi connectivity index (χ2n) is 10.3. The van der Waals surface area contributed by atoms with Crippen LogP contribution in [0, 0.1) is 5.82 Å². The summed E-state index contributed by atoms with van der Waals surface area (Å²) in [5.41, 5.74) is 6.99. The lowest BCUT2D eigenvalue weighted by Gasteiger charge is -2.36. The fourth-order valence-electron chi connectivity index (χ4n) is 4.27. The maximum atomic E-state index is 14.1. The van der Waals surface area contributed by atoms with E-state index in [0.717, 1.165) is 0 Å². The minimum atomic E-state index is -0.725. The minimum Gasteiger partial charge on any atom is -0.494 e. The molecule has 3 heterocycles. The van der Waals surface area contributed by atoms with E-state index in [9.17, 15) is 9.18 Å². The largest absolute Gasteiger partial charge is 0.494 e. The van der Waals surface area contributed by atoms with Crippen LogP contribution >= 0.6 is 23.2 Å². The van der Waals surface area contributed by atoms with Gasteiger partial charge in [0.1, 0.15) is 34.8 Å². The first kappa shape index (κ1) is 29.5. The molecule has 1 fully saturated rings. The molecule has 1 aliphatic rings. The molecule has 1 atom stereocenters. The van der Waals surface area contributed by atoms with Crippen molar-refractivity contribution in [3.8, 4) is 22.8 Å². The van der Waals surface area contributed by atoms with Crippen LogP contribution < -0.4 is 20.1 Å². The summed E-state index contributed by atoms with van der Waals surface area (Å²) in [6, 6.07) is 7.99. The number of hydrogen-bond acceptors (Lipinski definition) is 8. The summed E-state index contributed by atoms with van der Waals surface area (Å²) in [5, 5.41) is 0.148. The fraction of sp³-hybridized carbons (Fsp3) is 0.393. The van der Waals surface area contributed by atoms with Gasteiger partial charge >= 0.3 is 6.09 Å². The monoisotopic (exact) mass is 591 g/mol. The van der Waals surface area contributed by atoms with Crippen molar-refractivity contribution >= 4 is 40.9 Å². The van der Waals surface area contributed by atoms with Gasteiger partial charge in [-0.2, -0.15) is 0 Å². The highest BCUT2D eigenvalue weighted by Crippen LogP contribution is 2.38. The number of carbonyl (C=O) groups is 1. The highest BCUT2D eigenvalue weighted by molar-refractivity contribution is 6.36. The van der Waals surface area contributed by atoms with Crippen LogP contribution in [-0.2, 0) is 4.74 Å². The van der Waals surface area contributed by atoms with Crippen molar-refractivity contribution in [1.82, 2.24) is 14.9 Å². The zero-order valence-electron chi connectivity index (χ0n) is 23.0. The second-order valence-corrected chi connectivity index (χ2v) is 11.1. The molecule has 0 aliphatic carbocycles. The first-order valence-electron chi connectivity index (χ1n) is 12.7. The number of halogens is 3. The number of piperazine rings is 1. The van der Waals surface area contributed by atoms with Gasteiger partial charge in [-0.05, 0) is 58.0 Å². The molecule has 0 spiro atoms. The van der Waals surface area contributed by atoms with Crippen molar-refractivity contribution < 1.29 is 23.4 Å². The molecule has 4 rings (SSSR count). The molecule has 1 aromatic carbocycles. The van der Waals surface area contributed by atoms with Gasteiger partial charge < -0.3 is 29.7 Å². The summed E-state index contributed by atoms with van der Waals surface area (Å²) >= 11 is 12.4. The Kier molecular flexibility index (Phi) is 8.80. The Labute approximate surface area is 242 Å². The molecule has 1 aliphatic heterocycles. The van der Waals surface area contributed by atoms with Crippen LogP contribution in [0.2, 0.25) is 10.0 Å². The summed E-state index contributed by atoms with van der Waals surface area (Å²) in [6.45, 7) is 9.40. The van der Waals surface area contributed by atoms with E-state index < -0.39 is 17.5 Å². The van der Waals surface area contributed by atoms with E-state index in [2.05, 4.69) is 9.88 Å². The standard InChI is InChI=1S/C28H32Cl2FN5O4/c1-16(23-18(29)6-7-19(31)24(23)30)39-21-14-17(15-33-26(21)32)25-20(38-5)8-9-22(34-25)35-10-12-36(13-11-35)27(37)40-28(2,3)4/h6-9,14-16H,10-13H2,1-5H3,(H2,32,33)/t16-/m1/s1. The SMILES string of the molecule is COc1ccc(N2CCN(C(=O)OC(C)(C)C)CC2)nc1-c1cnc(N)c(O[C@H](C)c2c(Cl)ccc(F)c2Cl)c1. The molecule has 0 saturated carbocycles. The molecule has 1 amide bonds. The molecule has 12 heteroatoms. The Hall–Kier alpha value is -3.50. The highest BCUT2D eigenvalue weighted by Gasteiger charge is 2.27. The third kappa shape index (κ3) is 6.62. The number of rotatable bonds is 6. The fourth-order valence-corrected chi connectivity index (χ4v) is 4.95. The summed E-state index contributed by atoms with van der Waals surface area (Å²) in [4.78, 5) is 25.4. The number of nitrogens with two attached hydrogens (primary N) is 1. The molecule has 40 heavy (non-hydrogen) atoms. The average molecular weight is 592 g/mol. The van der Waals surface area contributed by atoms with Gasteiger partial charge in [-0.15, -0.1) is 0 Å². The molecule has 0 radical (unpaired) electrons. The highest BCUT2D eigenvalue weighted by atomic mass is 35.5. The summed E-state index contributed by atoms with van der Waals surface area (Å²) < 4.78 is 31.2. The lowest BCUT2D eigenvalue weighted by Crippen LogP contribution is -2.50. The van der Waals surface area contributed by atoms with Crippen molar-refractivity contribution in [3.05, 3.63) is 58.0 Å². The number of anilines is 2. The molecular formula is C28H32Cl2FN5O4. The van der Waals surface area contributed by atoms with Crippen molar-refractivity contribution in [1.29, 1.82) is 0 Å². The van der Waals surface area contributed by atoms with Gasteiger partial charge in [-0.1, -0.05) is 23.2 Å². The number of hydrogen-bond donors (Lipinski definition) is 1. The van der Waals surface area contributed by atoms with Crippen LogP contribution in [0.5, 0.6) is 11.5 Å². The number of carbonyl (C=O) groups excluding carboxylic acids is 1. The van der Waals surface area contributed by atoms with Crippen LogP contribution in [-0.4, -0.2) is 59.9 Å². The Balaban J connectivity index is 1.57. The second kappa shape index (κ2) is 11.9. The molecular weight excluding hydrogens is 560 g/mol. The zero-order valence-corrected chi connectivity index (χ0v) is 24.5. The van der Waals surface area contributed by atoms with Crippen LogP contribution in [0.15, 0.2) is 36.5 Å². The van der Waals surface area contributed by atoms with Gasteiger partial charge in [0.05, 0.1) is 12.1 Å². The van der Waals surface area contributed by atoms with Gasteiger partial charge in [0.15, 0.2) is 11.6 Å². The number of pyridine rings is 2. The molecule has 9 nitrogen and oxygen atoms in total. The predicted octanol–water partition coefficient (Wildman–Crippen LogP) is 6.38. The average Bonchev–Trinajstić information content (AvgIpc) is 2.91. The first-order chi connectivity index (χ1) is 18.9. The number of nitrogens with zero attached hydrogens (tertiary/aromatic N) is 4. The van der Waals surface area contributed by atoms with Crippen molar-refractivity contribution in [3.63, 3.8) is 0 Å². The van der Waals surface area contributed by atoms with Gasteiger partial charge in [0, 0.05) is 48.5 Å². The summed E-state index contributed by atoms with van der Waals surface area (Å²) in [6.07, 6.45) is 0.521. The molecule has 0 bridgehead atoms. The van der Waals surface area contributed by atoms with Gasteiger partial charge in [0.2, 0.25) is 0 Å². The lowest BCUT2D eigenvalue weighted by molar-refractivity contribution is 0.0240. The number of nitrogen functional groups attached to an aromatic ring is 1. The van der Waals surface area contributed by atoms with Crippen molar-refractivity contribution in [2.24, 2.45) is 0 Å². The van der Waals surface area contributed by atoms with Crippen LogP contribution in [0.25, 0.3) is 11.3 Å². The number of amides is 1. The van der Waals surface area contributed by atoms with E-state index >= 15 is 0 Å². The number of benzene rings is 1. The van der Waals surface area contributed by atoms with Crippen LogP contribution in [0.1, 0.15) is 39.4 Å². The molecule has 2 N–H and O–H groups in total. The van der Waals surface area contributed by atoms with Crippen molar-refractivity contribution in [2.45, 2.75) is 39.4 Å². The van der Waals surface area contributed by atoms with Crippen LogP contribution in [0.4, 0.5) is 20.8 Å². The van der Waals surface area contributed by atoms with E-state index in [-0.39, 0.29) is 27.7 Å². The molecule has 3 aromatic rings. The van der Waals surface area contributed by atoms with Gasteiger partial charge in [-0.3, -0.25) is 0 Å². The predicted molar refractivity (Wildman–Crippen MR) is 154 cm³/mol. The summed E-state index contributed by atoms with van der Waals surface area (Å²) in [5.74, 6) is 1.02. The molecule has 1 saturated heterocycles. The normalized spacial score (nSPS) is 14.6. The van der Waals surface area contributed by atoms with Crippen molar-refractivity contribution in [2.75, 3.05) is 43.9 Å². The van der Waals surface area contributed by atoms with E-state index in [1.165, 1.54) is 12.1 Å². The maximum Gasteiger partial charge on any atom is 0.410 e. The first-order valence-corrected chi connectivity index (χ1v) is 13.5.